The van der Waals surface area contributed by atoms with E-state index < -0.39 is 44.5 Å². The Morgan fingerprint density at radius 3 is 2.57 bits per heavy atom. The Hall–Kier alpha value is -2.69. The van der Waals surface area contributed by atoms with Crippen molar-refractivity contribution < 1.29 is 32.4 Å². The predicted molar refractivity (Wildman–Crippen MR) is 99.0 cm³/mol. The Morgan fingerprint density at radius 2 is 2.07 bits per heavy atom. The number of benzene rings is 1. The fourth-order valence-electron chi connectivity index (χ4n) is 3.09. The second kappa shape index (κ2) is 8.55. The maximum absolute atomic E-state index is 12.6. The van der Waals surface area contributed by atoms with Gasteiger partial charge in [-0.2, -0.15) is 0 Å². The molecule has 1 aromatic carbocycles. The normalized spacial score (nSPS) is 18.9. The number of esters is 1. The van der Waals surface area contributed by atoms with Gasteiger partial charge in [-0.05, 0) is 32.4 Å². The molecule has 10 nitrogen and oxygen atoms in total. The van der Waals surface area contributed by atoms with Gasteiger partial charge in [0.15, 0.2) is 21.7 Å². The Balaban J connectivity index is 2.11. The van der Waals surface area contributed by atoms with Gasteiger partial charge in [-0.3, -0.25) is 14.9 Å². The van der Waals surface area contributed by atoms with Gasteiger partial charge < -0.3 is 14.4 Å². The third-order valence-electron chi connectivity index (χ3n) is 4.52. The van der Waals surface area contributed by atoms with Gasteiger partial charge in [0.1, 0.15) is 0 Å². The van der Waals surface area contributed by atoms with Gasteiger partial charge in [0.2, 0.25) is 0 Å². The van der Waals surface area contributed by atoms with Gasteiger partial charge in [0.05, 0.1) is 29.1 Å². The molecule has 1 aliphatic heterocycles. The summed E-state index contributed by atoms with van der Waals surface area (Å²) in [5.41, 5.74) is -0.499. The molecule has 0 spiro atoms. The highest BCUT2D eigenvalue weighted by Gasteiger charge is 2.36. The van der Waals surface area contributed by atoms with E-state index >= 15 is 0 Å². The second-order valence-electron chi connectivity index (χ2n) is 6.37. The van der Waals surface area contributed by atoms with Crippen LogP contribution in [0.2, 0.25) is 0 Å². The first-order valence-electron chi connectivity index (χ1n) is 8.64. The van der Waals surface area contributed by atoms with E-state index in [2.05, 4.69) is 0 Å². The predicted octanol–water partition coefficient (Wildman–Crippen LogP) is 1.18. The van der Waals surface area contributed by atoms with Crippen molar-refractivity contribution >= 4 is 27.4 Å². The van der Waals surface area contributed by atoms with Gasteiger partial charge in [-0.15, -0.1) is 0 Å². The van der Waals surface area contributed by atoms with Gasteiger partial charge in [-0.1, -0.05) is 0 Å². The summed E-state index contributed by atoms with van der Waals surface area (Å²) in [6.45, 7) is 3.36. The smallest absolute Gasteiger partial charge is 0.339 e. The Labute approximate surface area is 162 Å². The van der Waals surface area contributed by atoms with Crippen LogP contribution in [0, 0.1) is 10.1 Å². The number of amides is 1. The van der Waals surface area contributed by atoms with Crippen molar-refractivity contribution in [3.63, 3.8) is 0 Å². The van der Waals surface area contributed by atoms with Crippen LogP contribution in [0.25, 0.3) is 0 Å². The van der Waals surface area contributed by atoms with Crippen LogP contribution in [-0.4, -0.2) is 67.4 Å². The summed E-state index contributed by atoms with van der Waals surface area (Å²) in [7, 11) is -1.91. The fraction of sp³-hybridized carbons (Fsp3) is 0.529. The minimum Gasteiger partial charge on any atom is -0.490 e. The number of carbonyl (C=O) groups is 2. The van der Waals surface area contributed by atoms with Crippen LogP contribution in [0.15, 0.2) is 18.2 Å². The van der Waals surface area contributed by atoms with E-state index in [1.54, 1.807) is 6.92 Å². The molecule has 1 fully saturated rings. The van der Waals surface area contributed by atoms with E-state index in [0.29, 0.717) is 6.42 Å². The molecule has 0 aliphatic carbocycles. The molecule has 1 aliphatic rings. The van der Waals surface area contributed by atoms with E-state index in [-0.39, 0.29) is 29.4 Å². The molecule has 154 valence electrons. The molecule has 11 heteroatoms. The third-order valence-corrected chi connectivity index (χ3v) is 6.27. The minimum atomic E-state index is -3.17. The molecule has 2 atom stereocenters. The number of nitro groups is 1. The second-order valence-corrected chi connectivity index (χ2v) is 8.60. The van der Waals surface area contributed by atoms with E-state index in [9.17, 15) is 28.1 Å². The highest BCUT2D eigenvalue weighted by atomic mass is 32.2. The summed E-state index contributed by atoms with van der Waals surface area (Å²) >= 11 is 0. The molecule has 28 heavy (non-hydrogen) atoms. The summed E-state index contributed by atoms with van der Waals surface area (Å²) in [5.74, 6) is -1.52. The number of nitrogens with zero attached hydrogens (tertiary/aromatic N) is 2. The summed E-state index contributed by atoms with van der Waals surface area (Å²) in [4.78, 5) is 36.7. The van der Waals surface area contributed by atoms with Crippen LogP contribution in [0.4, 0.5) is 5.69 Å². The standard InChI is InChI=1S/C17H22N2O8S/c1-4-18(13-7-8-28(24,25)10-13)16(20)11(2)27-17(21)12-5-6-15(26-3)14(9-12)19(22)23/h5-6,9,11,13H,4,7-8,10H2,1-3H3. The molecule has 0 N–H and O–H groups in total. The molecule has 0 bridgehead atoms. The fourth-order valence-corrected chi connectivity index (χ4v) is 4.82. The zero-order valence-electron chi connectivity index (χ0n) is 15.8. The van der Waals surface area contributed by atoms with Crippen molar-refractivity contribution in [1.82, 2.24) is 4.90 Å². The van der Waals surface area contributed by atoms with Crippen LogP contribution >= 0.6 is 0 Å². The van der Waals surface area contributed by atoms with Gasteiger partial charge in [-0.25, -0.2) is 13.2 Å². The van der Waals surface area contributed by atoms with Crippen molar-refractivity contribution in [1.29, 1.82) is 0 Å². The minimum absolute atomic E-state index is 0.00900. The van der Waals surface area contributed by atoms with Crippen LogP contribution in [0.1, 0.15) is 30.6 Å². The van der Waals surface area contributed by atoms with Gasteiger partial charge in [0.25, 0.3) is 5.91 Å². The average Bonchev–Trinajstić information content (AvgIpc) is 3.00. The maximum atomic E-state index is 12.6. The number of carbonyl (C=O) groups excluding carboxylic acids is 2. The first-order chi connectivity index (χ1) is 13.1. The van der Waals surface area contributed by atoms with E-state index in [0.717, 1.165) is 6.07 Å². The zero-order valence-corrected chi connectivity index (χ0v) is 16.6. The molecule has 0 saturated carbocycles. The van der Waals surface area contributed by atoms with Crippen molar-refractivity contribution in [2.45, 2.75) is 32.4 Å². The molecule has 0 radical (unpaired) electrons. The first-order valence-corrected chi connectivity index (χ1v) is 10.5. The molecule has 1 aromatic rings. The van der Waals surface area contributed by atoms with Crippen molar-refractivity contribution in [2.24, 2.45) is 0 Å². The Kier molecular flexibility index (Phi) is 6.60. The topological polar surface area (TPSA) is 133 Å². The molecular weight excluding hydrogens is 392 g/mol. The number of rotatable bonds is 7. The van der Waals surface area contributed by atoms with E-state index in [1.165, 1.54) is 31.1 Å². The first kappa shape index (κ1) is 21.6. The number of ether oxygens (including phenoxy) is 2. The number of hydrogen-bond acceptors (Lipinski definition) is 8. The quantitative estimate of drug-likeness (QED) is 0.369. The van der Waals surface area contributed by atoms with Crippen molar-refractivity contribution in [3.8, 4) is 5.75 Å². The molecule has 1 heterocycles. The molecule has 1 amide bonds. The lowest BCUT2D eigenvalue weighted by atomic mass is 10.1. The summed E-state index contributed by atoms with van der Waals surface area (Å²) in [5, 5.41) is 11.1. The molecule has 1 saturated heterocycles. The lowest BCUT2D eigenvalue weighted by Crippen LogP contribution is -2.46. The lowest BCUT2D eigenvalue weighted by Gasteiger charge is -2.29. The number of hydrogen-bond donors (Lipinski definition) is 0. The average molecular weight is 414 g/mol. The Bertz CT molecular complexity index is 883. The SMILES string of the molecule is CCN(C(=O)C(C)OC(=O)c1ccc(OC)c([N+](=O)[O-])c1)C1CCS(=O)(=O)C1. The van der Waals surface area contributed by atoms with Gasteiger partial charge >= 0.3 is 11.7 Å². The molecule has 0 aromatic heterocycles. The van der Waals surface area contributed by atoms with E-state index in [1.807, 2.05) is 0 Å². The third kappa shape index (κ3) is 4.77. The van der Waals surface area contributed by atoms with E-state index in [4.69, 9.17) is 9.47 Å². The molecule has 2 rings (SSSR count). The Morgan fingerprint density at radius 1 is 1.39 bits per heavy atom. The number of nitro benzene ring substituents is 1. The molecule has 2 unspecified atom stereocenters. The lowest BCUT2D eigenvalue weighted by molar-refractivity contribution is -0.385. The van der Waals surface area contributed by atoms with Gasteiger partial charge in [0, 0.05) is 18.7 Å². The van der Waals surface area contributed by atoms with Crippen LogP contribution in [0.3, 0.4) is 0 Å². The number of likely N-dealkylation sites (N-methyl/N-ethyl adjacent to an activating group) is 1. The number of methoxy groups -OCH3 is 1. The monoisotopic (exact) mass is 414 g/mol. The van der Waals surface area contributed by atoms with Crippen LogP contribution in [0.5, 0.6) is 5.75 Å². The maximum Gasteiger partial charge on any atom is 0.339 e. The summed E-state index contributed by atoms with van der Waals surface area (Å²) in [6, 6.07) is 3.13. The zero-order chi connectivity index (χ0) is 21.1. The largest absolute Gasteiger partial charge is 0.490 e. The summed E-state index contributed by atoms with van der Waals surface area (Å²) in [6.07, 6.45) is -0.829. The van der Waals surface area contributed by atoms with Crippen LogP contribution < -0.4 is 4.74 Å². The molecular formula is C17H22N2O8S. The number of sulfone groups is 1. The van der Waals surface area contributed by atoms with Crippen molar-refractivity contribution in [2.75, 3.05) is 25.2 Å². The van der Waals surface area contributed by atoms with Crippen molar-refractivity contribution in [3.05, 3.63) is 33.9 Å². The summed E-state index contributed by atoms with van der Waals surface area (Å²) < 4.78 is 33.4. The van der Waals surface area contributed by atoms with Crippen LogP contribution in [-0.2, 0) is 19.4 Å². The highest BCUT2D eigenvalue weighted by molar-refractivity contribution is 7.91. The highest BCUT2D eigenvalue weighted by Crippen LogP contribution is 2.28.